The highest BCUT2D eigenvalue weighted by molar-refractivity contribution is 9.11. The third-order valence-corrected chi connectivity index (χ3v) is 26.7. The van der Waals surface area contributed by atoms with E-state index >= 15 is 0 Å². The van der Waals surface area contributed by atoms with Gasteiger partial charge in [-0.2, -0.15) is 15.3 Å². The molecule has 0 aliphatic carbocycles. The lowest BCUT2D eigenvalue weighted by atomic mass is 9.91. The number of nitrogens with zero attached hydrogens (tertiary/aromatic N) is 16. The number of nitrogens with one attached hydrogen (secondary N) is 6. The SMILES string of the molecule is C#C[C@]1(CN2Cc3ccc(OC)cc3C2=O)NC(=O)NC1=O.COc1ccc(-c2n[nH]c(=O)n2C2CCN(C)CC2)nc1Br.COc1ccc(/C(CC2CCN(C)CC2)=N\N)nc1Br.COc1ccc(C(=O)CC2CCN(C)CC2)nc1Br.COc1ccc(OC=O)nc1Br.COc1ccc2c(c1)C(=O)N(C[C@@]1(C#Cc3nc(-c4n[nH]c(=O)n4C4CCN(C)CC4)ccc3OC)NC(=O)NC1=O)C2. The summed E-state index contributed by atoms with van der Waals surface area (Å²) in [6.07, 6.45) is 14.9. The fraction of sp³-hybridized carbons (Fsp3) is 0.419. The van der Waals surface area contributed by atoms with E-state index in [2.05, 4.69) is 199 Å². The van der Waals surface area contributed by atoms with Gasteiger partial charge >= 0.3 is 23.4 Å². The van der Waals surface area contributed by atoms with Crippen LogP contribution in [0.4, 0.5) is 9.59 Å². The molecule has 8 aliphatic heterocycles. The lowest BCUT2D eigenvalue weighted by Crippen LogP contribution is -2.54. The van der Waals surface area contributed by atoms with Crippen LogP contribution in [0.2, 0.25) is 0 Å². The second-order valence-corrected chi connectivity index (χ2v) is 36.5. The van der Waals surface area contributed by atoms with E-state index in [-0.39, 0.29) is 72.3 Å². The molecule has 17 rings (SSSR count). The Bertz CT molecular complexity index is 6230. The standard InChI is InChI=1S/C29H30N8O6.C15H13N3O4.C14H18BrN5O2.C14H21BrN4O.C14H19BrN2O2.C7H6BrNO3/c1-35-12-9-18(10-13-35)37-24(33-34-28(37)41)22-6-7-23(43-3)21(30-22)8-11-29(26(39)31-27(40)32-29)16-36-15-17-4-5-19(42-2)14-20(17)25(36)38;1-3-15(13(20)16-14(21)17-15)8-18-7-9-4-5-10(22-2)6-11(9)12(18)19;1-19-7-5-9(6-8-19)20-13(17-18-14(20)21)10-3-4-11(22-2)12(15)16-10;1-19-7-5-10(6-8-19)9-12(18-16)11-3-4-13(20-2)14(15)17-11;1-17-7-5-10(6-8-17)9-12(18)11-3-4-13(19-2)14(15)16-11;1-11-5-2-3-6(12-4-10)9-7(5)8/h4-7,14,18H,9-10,12-13,15-16H2,1-3H3,(H,34,41)(H2,31,32,39,40);1,4-6H,7-8H2,2H3,(H2,16,17,20,21);3-4,9H,5-8H2,1-2H3,(H,18,21);3-4,10H,5-9,16H2,1-2H3;3-4,10H,5-9H2,1-2H3;2-4H,1H3/b;;;18-12-;;/t29-;15-;;;;/m11..../s1. The van der Waals surface area contributed by atoms with Crippen LogP contribution < -0.4 is 76.4 Å². The third kappa shape index (κ3) is 25.5. The van der Waals surface area contributed by atoms with Gasteiger partial charge in [0.05, 0.1) is 74.3 Å². The number of aromatic amines is 2. The van der Waals surface area contributed by atoms with Crippen molar-refractivity contribution in [1.82, 2.24) is 105 Å². The second-order valence-electron chi connectivity index (χ2n) is 33.5. The summed E-state index contributed by atoms with van der Waals surface area (Å²) in [5.74, 6) is 18.2. The largest absolute Gasteiger partial charge is 0.497 e. The van der Waals surface area contributed by atoms with E-state index in [1.807, 2.05) is 31.3 Å². The molecule has 0 saturated carbocycles. The van der Waals surface area contributed by atoms with E-state index < -0.39 is 35.0 Å². The van der Waals surface area contributed by atoms with E-state index in [0.717, 1.165) is 120 Å². The number of methoxy groups -OCH3 is 7. The van der Waals surface area contributed by atoms with Crippen LogP contribution in [-0.4, -0.2) is 292 Å². The first kappa shape index (κ1) is 104. The van der Waals surface area contributed by atoms with Crippen molar-refractivity contribution >= 4 is 117 Å². The van der Waals surface area contributed by atoms with Gasteiger partial charge in [-0.1, -0.05) is 24.0 Å². The number of carbonyl (C=O) groups excluding carboxylic acids is 8. The second kappa shape index (κ2) is 47.8. The number of rotatable bonds is 23. The van der Waals surface area contributed by atoms with Gasteiger partial charge in [-0.15, -0.1) is 6.42 Å². The lowest BCUT2D eigenvalue weighted by molar-refractivity contribution is -0.123. The molecular formula is C93H107Br4N23O18. The maximum Gasteiger partial charge on any atom is 0.343 e. The van der Waals surface area contributed by atoms with Gasteiger partial charge in [0, 0.05) is 48.8 Å². The molecule has 6 fully saturated rings. The summed E-state index contributed by atoms with van der Waals surface area (Å²) in [5.41, 5.74) is 2.17. The van der Waals surface area contributed by atoms with Crippen LogP contribution in [0, 0.1) is 36.0 Å². The number of hydrogen-bond donors (Lipinski definition) is 7. The van der Waals surface area contributed by atoms with Gasteiger partial charge in [0.25, 0.3) is 30.1 Å². The van der Waals surface area contributed by atoms with Crippen LogP contribution in [0.25, 0.3) is 23.0 Å². The van der Waals surface area contributed by atoms with E-state index in [1.54, 1.807) is 97.2 Å². The van der Waals surface area contributed by atoms with E-state index in [1.165, 1.54) is 57.1 Å². The molecule has 7 aromatic heterocycles. The molecule has 8 N–H and O–H groups in total. The summed E-state index contributed by atoms with van der Waals surface area (Å²) < 4.78 is 46.5. The number of carbonyl (C=O) groups is 8. The molecule has 15 heterocycles. The molecule has 0 radical (unpaired) electrons. The Kier molecular flexibility index (Phi) is 36.0. The average Bonchev–Trinajstić information content (AvgIpc) is 1.61. The van der Waals surface area contributed by atoms with E-state index in [9.17, 15) is 47.9 Å². The van der Waals surface area contributed by atoms with Gasteiger partial charge in [0.2, 0.25) is 11.4 Å². The van der Waals surface area contributed by atoms with Gasteiger partial charge in [-0.05, 0) is 310 Å². The molecule has 9 aromatic rings. The number of pyridine rings is 5. The van der Waals surface area contributed by atoms with Crippen molar-refractivity contribution in [3.8, 4) is 93.3 Å². The number of amides is 8. The topological polar surface area (TPSA) is 482 Å². The highest BCUT2D eigenvalue weighted by Crippen LogP contribution is 2.36. The van der Waals surface area contributed by atoms with Crippen LogP contribution in [-0.2, 0) is 27.5 Å². The molecule has 6 saturated heterocycles. The Balaban J connectivity index is 0.000000156. The molecule has 138 heavy (non-hydrogen) atoms. The zero-order valence-corrected chi connectivity index (χ0v) is 84.2. The van der Waals surface area contributed by atoms with Crippen molar-refractivity contribution in [1.29, 1.82) is 0 Å². The number of urea groups is 2. The van der Waals surface area contributed by atoms with Crippen molar-refractivity contribution in [2.45, 2.75) is 100 Å². The Morgan fingerprint density at radius 1 is 0.493 bits per heavy atom. The zero-order valence-electron chi connectivity index (χ0n) is 77.9. The number of fused-ring (bicyclic) bond motifs is 2. The number of piperidine rings is 4. The highest BCUT2D eigenvalue weighted by atomic mass is 79.9. The first-order chi connectivity index (χ1) is 66.3. The van der Waals surface area contributed by atoms with Gasteiger partial charge < -0.3 is 83.8 Å². The molecule has 41 nitrogen and oxygen atoms in total. The molecular weight excluding hydrogens is 2050 g/mol. The molecule has 45 heteroatoms. The third-order valence-electron chi connectivity index (χ3n) is 24.5. The maximum absolute atomic E-state index is 13.2. The number of H-pyrrole nitrogens is 2. The maximum atomic E-state index is 13.2. The Morgan fingerprint density at radius 3 is 1.30 bits per heavy atom. The average molecular weight is 2150 g/mol. The minimum Gasteiger partial charge on any atom is -0.497 e. The number of hydrazone groups is 1. The van der Waals surface area contributed by atoms with Crippen molar-refractivity contribution < 1.29 is 76.3 Å². The Morgan fingerprint density at radius 2 is 0.891 bits per heavy atom. The molecule has 8 amide bonds. The molecule has 0 spiro atoms. The van der Waals surface area contributed by atoms with Crippen LogP contribution in [0.5, 0.6) is 46.1 Å². The fourth-order valence-electron chi connectivity index (χ4n) is 16.6. The number of terminal acetylenes is 1. The number of likely N-dealkylation sites (tertiary alicyclic amines) is 4. The van der Waals surface area contributed by atoms with Crippen molar-refractivity contribution in [2.24, 2.45) is 22.8 Å². The Labute approximate surface area is 829 Å². The molecule has 8 aliphatic rings. The lowest BCUT2D eigenvalue weighted by Gasteiger charge is -2.29. The number of benzene rings is 2. The summed E-state index contributed by atoms with van der Waals surface area (Å²) in [4.78, 5) is 155. The normalized spacial score (nSPS) is 18.5. The first-order valence-corrected chi connectivity index (χ1v) is 47.1. The fourth-order valence-corrected chi connectivity index (χ4v) is 18.5. The van der Waals surface area contributed by atoms with Crippen LogP contribution >= 0.6 is 63.7 Å². The highest BCUT2D eigenvalue weighted by Gasteiger charge is 2.50. The number of aromatic nitrogens is 11. The number of ether oxygens (including phenoxy) is 8. The number of Topliss-reactive ketones (excluding diaryl/α,β-unsaturated/α-hetero) is 1. The first-order valence-electron chi connectivity index (χ1n) is 43.9. The van der Waals surface area contributed by atoms with Crippen LogP contribution in [0.15, 0.2) is 130 Å². The number of imide groups is 2. The number of ketones is 1. The smallest absolute Gasteiger partial charge is 0.343 e. The van der Waals surface area contributed by atoms with E-state index in [0.29, 0.717) is 130 Å². The van der Waals surface area contributed by atoms with Gasteiger partial charge in [0.15, 0.2) is 62.0 Å². The molecule has 730 valence electrons. The number of nitrogens with two attached hydrogens (primary N) is 1. The summed E-state index contributed by atoms with van der Waals surface area (Å²) in [5, 5.41) is 26.8. The van der Waals surface area contributed by atoms with Crippen molar-refractivity contribution in [3.63, 3.8) is 0 Å². The predicted molar refractivity (Wildman–Crippen MR) is 521 cm³/mol. The summed E-state index contributed by atoms with van der Waals surface area (Å²) in [7, 11) is 19.2. The van der Waals surface area contributed by atoms with Crippen molar-refractivity contribution in [3.05, 3.63) is 176 Å². The summed E-state index contributed by atoms with van der Waals surface area (Å²) in [6.45, 7) is 8.68. The molecule has 2 atom stereocenters. The monoisotopic (exact) mass is 2150 g/mol. The quantitative estimate of drug-likeness (QED) is 0.00461. The van der Waals surface area contributed by atoms with Crippen LogP contribution in [0.1, 0.15) is 130 Å². The zero-order chi connectivity index (χ0) is 99.2. The molecule has 0 bridgehead atoms. The minimum atomic E-state index is -1.75. The number of hydrogen-bond acceptors (Lipinski definition) is 31. The predicted octanol–water partition coefficient (Wildman–Crippen LogP) is 8.44. The molecule has 0 unspecified atom stereocenters. The number of halogens is 4. The minimum absolute atomic E-state index is 0.0429. The Hall–Kier alpha value is -13.0. The van der Waals surface area contributed by atoms with Crippen LogP contribution in [0.3, 0.4) is 0 Å². The molecule has 2 aromatic carbocycles. The summed E-state index contributed by atoms with van der Waals surface area (Å²) >= 11 is 13.2. The van der Waals surface area contributed by atoms with Gasteiger partial charge in [-0.25, -0.2) is 54.3 Å². The van der Waals surface area contributed by atoms with E-state index in [4.69, 9.17) is 45.4 Å². The van der Waals surface area contributed by atoms with Crippen molar-refractivity contribution in [2.75, 3.05) is 143 Å². The van der Waals surface area contributed by atoms with Gasteiger partial charge in [-0.3, -0.25) is 48.5 Å². The summed E-state index contributed by atoms with van der Waals surface area (Å²) in [6, 6.07) is 26.6. The van der Waals surface area contributed by atoms with Gasteiger partial charge in [0.1, 0.15) is 42.4 Å².